The first kappa shape index (κ1) is 8.94. The second-order valence-corrected chi connectivity index (χ2v) is 3.65. The molecule has 2 nitrogen and oxygen atoms in total. The minimum atomic E-state index is 0.517. The fourth-order valence-corrected chi connectivity index (χ4v) is 1.43. The molecule has 11 heavy (non-hydrogen) atoms. The van der Waals surface area contributed by atoms with Crippen molar-refractivity contribution in [3.8, 4) is 0 Å². The highest BCUT2D eigenvalue weighted by molar-refractivity contribution is 7.80. The predicted molar refractivity (Wildman–Crippen MR) is 51.9 cm³/mol. The van der Waals surface area contributed by atoms with Gasteiger partial charge in [-0.1, -0.05) is 26.1 Å². The van der Waals surface area contributed by atoms with E-state index in [4.69, 9.17) is 12.2 Å². The minimum absolute atomic E-state index is 0.517. The van der Waals surface area contributed by atoms with E-state index in [-0.39, 0.29) is 0 Å². The van der Waals surface area contributed by atoms with Crippen LogP contribution >= 0.6 is 12.2 Å². The molecule has 1 N–H and O–H groups in total. The van der Waals surface area contributed by atoms with Crippen molar-refractivity contribution in [3.05, 3.63) is 0 Å². The Bertz CT molecular complexity index is 139. The van der Waals surface area contributed by atoms with Gasteiger partial charge in [-0.2, -0.15) is 0 Å². The van der Waals surface area contributed by atoms with Crippen LogP contribution in [0, 0.1) is 5.92 Å². The molecule has 0 bridgehead atoms. The summed E-state index contributed by atoms with van der Waals surface area (Å²) in [4.78, 5) is 3.42. The zero-order valence-electron chi connectivity index (χ0n) is 7.26. The number of piperazine rings is 1. The van der Waals surface area contributed by atoms with Gasteiger partial charge in [-0.25, -0.2) is 0 Å². The molecule has 0 aromatic carbocycles. The summed E-state index contributed by atoms with van der Waals surface area (Å²) in [7, 11) is 0. The molecule has 0 spiro atoms. The molecule has 1 rings (SSSR count). The Morgan fingerprint density at radius 3 is 2.36 bits per heavy atom. The molecule has 1 saturated heterocycles. The molecule has 3 heteroatoms. The van der Waals surface area contributed by atoms with Gasteiger partial charge >= 0.3 is 0 Å². The highest BCUT2D eigenvalue weighted by Crippen LogP contribution is 2.04. The SMILES string of the molecule is CC(C)C(=S)N1CCNCC1. The smallest absolute Gasteiger partial charge is 0.0805 e. The first-order valence-corrected chi connectivity index (χ1v) is 4.62. The largest absolute Gasteiger partial charge is 0.363 e. The van der Waals surface area contributed by atoms with Gasteiger partial charge in [-0.3, -0.25) is 0 Å². The van der Waals surface area contributed by atoms with Crippen LogP contribution in [0.4, 0.5) is 0 Å². The third-order valence-corrected chi connectivity index (χ3v) is 2.65. The highest BCUT2D eigenvalue weighted by Gasteiger charge is 2.14. The van der Waals surface area contributed by atoms with Gasteiger partial charge < -0.3 is 10.2 Å². The second kappa shape index (κ2) is 4.02. The van der Waals surface area contributed by atoms with Gasteiger partial charge in [0, 0.05) is 32.1 Å². The molecule has 1 fully saturated rings. The molecule has 1 heterocycles. The van der Waals surface area contributed by atoms with E-state index >= 15 is 0 Å². The van der Waals surface area contributed by atoms with Crippen LogP contribution in [0.2, 0.25) is 0 Å². The van der Waals surface area contributed by atoms with Crippen molar-refractivity contribution in [2.24, 2.45) is 5.92 Å². The second-order valence-electron chi connectivity index (χ2n) is 3.23. The first-order valence-electron chi connectivity index (χ1n) is 4.21. The van der Waals surface area contributed by atoms with Crippen molar-refractivity contribution in [2.45, 2.75) is 13.8 Å². The molecule has 0 aliphatic carbocycles. The third-order valence-electron chi connectivity index (χ3n) is 1.92. The molecular weight excluding hydrogens is 156 g/mol. The summed E-state index contributed by atoms with van der Waals surface area (Å²) in [5.74, 6) is 0.517. The Morgan fingerprint density at radius 2 is 1.91 bits per heavy atom. The van der Waals surface area contributed by atoms with Gasteiger partial charge in [0.15, 0.2) is 0 Å². The first-order chi connectivity index (χ1) is 5.22. The molecule has 0 saturated carbocycles. The molecule has 0 atom stereocenters. The van der Waals surface area contributed by atoms with E-state index in [2.05, 4.69) is 24.1 Å². The Kier molecular flexibility index (Phi) is 3.27. The maximum Gasteiger partial charge on any atom is 0.0805 e. The van der Waals surface area contributed by atoms with E-state index < -0.39 is 0 Å². The lowest BCUT2D eigenvalue weighted by Gasteiger charge is -2.31. The fourth-order valence-electron chi connectivity index (χ4n) is 1.25. The van der Waals surface area contributed by atoms with Crippen LogP contribution in [0.5, 0.6) is 0 Å². The fraction of sp³-hybridized carbons (Fsp3) is 0.875. The van der Waals surface area contributed by atoms with Crippen LogP contribution in [0.3, 0.4) is 0 Å². The predicted octanol–water partition coefficient (Wildman–Crippen LogP) is 0.875. The quantitative estimate of drug-likeness (QED) is 0.591. The van der Waals surface area contributed by atoms with Crippen molar-refractivity contribution in [1.82, 2.24) is 10.2 Å². The zero-order chi connectivity index (χ0) is 8.27. The molecular formula is C8H16N2S. The third kappa shape index (κ3) is 2.42. The lowest BCUT2D eigenvalue weighted by molar-refractivity contribution is 0.351. The summed E-state index contributed by atoms with van der Waals surface area (Å²) in [6.45, 7) is 8.63. The van der Waals surface area contributed by atoms with Gasteiger partial charge in [0.05, 0.1) is 4.99 Å². The van der Waals surface area contributed by atoms with Gasteiger partial charge in [-0.05, 0) is 0 Å². The molecule has 64 valence electrons. The Hall–Kier alpha value is -0.150. The Morgan fingerprint density at radius 1 is 1.36 bits per heavy atom. The lowest BCUT2D eigenvalue weighted by Crippen LogP contribution is -2.47. The van der Waals surface area contributed by atoms with E-state index in [1.807, 2.05) is 0 Å². The van der Waals surface area contributed by atoms with E-state index in [1.165, 1.54) is 0 Å². The molecule has 0 unspecified atom stereocenters. The topological polar surface area (TPSA) is 15.3 Å². The Labute approximate surface area is 74.0 Å². The Balaban J connectivity index is 2.39. The van der Waals surface area contributed by atoms with Crippen LogP contribution in [-0.2, 0) is 0 Å². The number of rotatable bonds is 1. The van der Waals surface area contributed by atoms with Crippen LogP contribution in [0.1, 0.15) is 13.8 Å². The summed E-state index contributed by atoms with van der Waals surface area (Å²) in [5, 5.41) is 3.31. The molecule has 0 radical (unpaired) electrons. The van der Waals surface area contributed by atoms with Gasteiger partial charge in [0.2, 0.25) is 0 Å². The highest BCUT2D eigenvalue weighted by atomic mass is 32.1. The van der Waals surface area contributed by atoms with Crippen molar-refractivity contribution in [2.75, 3.05) is 26.2 Å². The van der Waals surface area contributed by atoms with Crippen molar-refractivity contribution < 1.29 is 0 Å². The number of hydrogen-bond donors (Lipinski definition) is 1. The van der Waals surface area contributed by atoms with E-state index in [9.17, 15) is 0 Å². The van der Waals surface area contributed by atoms with E-state index in [0.717, 1.165) is 31.2 Å². The van der Waals surface area contributed by atoms with Gasteiger partial charge in [0.25, 0.3) is 0 Å². The number of nitrogens with one attached hydrogen (secondary N) is 1. The van der Waals surface area contributed by atoms with E-state index in [1.54, 1.807) is 0 Å². The standard InChI is InChI=1S/C8H16N2S/c1-7(2)8(11)10-5-3-9-4-6-10/h7,9H,3-6H2,1-2H3. The summed E-state index contributed by atoms with van der Waals surface area (Å²) in [5.41, 5.74) is 0. The maximum absolute atomic E-state index is 5.30. The van der Waals surface area contributed by atoms with E-state index in [0.29, 0.717) is 5.92 Å². The van der Waals surface area contributed by atoms with Crippen LogP contribution in [0.25, 0.3) is 0 Å². The van der Waals surface area contributed by atoms with Crippen LogP contribution in [0.15, 0.2) is 0 Å². The molecule has 1 aliphatic heterocycles. The zero-order valence-corrected chi connectivity index (χ0v) is 8.08. The van der Waals surface area contributed by atoms with Crippen LogP contribution < -0.4 is 5.32 Å². The van der Waals surface area contributed by atoms with Crippen molar-refractivity contribution in [3.63, 3.8) is 0 Å². The number of nitrogens with zero attached hydrogens (tertiary/aromatic N) is 1. The summed E-state index contributed by atoms with van der Waals surface area (Å²) in [6, 6.07) is 0. The van der Waals surface area contributed by atoms with Gasteiger partial charge in [-0.15, -0.1) is 0 Å². The minimum Gasteiger partial charge on any atom is -0.363 e. The molecule has 0 aromatic rings. The molecule has 0 aromatic heterocycles. The van der Waals surface area contributed by atoms with Crippen LogP contribution in [-0.4, -0.2) is 36.1 Å². The summed E-state index contributed by atoms with van der Waals surface area (Å²) >= 11 is 5.30. The molecule has 1 aliphatic rings. The normalized spacial score (nSPS) is 19.0. The lowest BCUT2D eigenvalue weighted by atomic mass is 10.2. The number of thiocarbonyl (C=S) groups is 1. The monoisotopic (exact) mass is 172 g/mol. The maximum atomic E-state index is 5.30. The average Bonchev–Trinajstić information content (AvgIpc) is 2.05. The van der Waals surface area contributed by atoms with Gasteiger partial charge in [0.1, 0.15) is 0 Å². The molecule has 0 amide bonds. The number of hydrogen-bond acceptors (Lipinski definition) is 2. The summed E-state index contributed by atoms with van der Waals surface area (Å²) < 4.78 is 0. The summed E-state index contributed by atoms with van der Waals surface area (Å²) in [6.07, 6.45) is 0. The van der Waals surface area contributed by atoms with Crippen molar-refractivity contribution >= 4 is 17.2 Å². The average molecular weight is 172 g/mol. The van der Waals surface area contributed by atoms with Crippen molar-refractivity contribution in [1.29, 1.82) is 0 Å².